The number of hydrogen-bond acceptors (Lipinski definition) is 3. The minimum Gasteiger partial charge on any atom is -0.480 e. The fourth-order valence-electron chi connectivity index (χ4n) is 1.60. The van der Waals surface area contributed by atoms with E-state index in [-0.39, 0.29) is 0 Å². The highest BCUT2D eigenvalue weighted by atomic mass is 16.4. The third-order valence-electron chi connectivity index (χ3n) is 2.60. The smallest absolute Gasteiger partial charge is 0.326 e. The zero-order chi connectivity index (χ0) is 15.1. The fourth-order valence-corrected chi connectivity index (χ4v) is 1.60. The number of urea groups is 1. The second kappa shape index (κ2) is 7.13. The molecule has 108 valence electrons. The summed E-state index contributed by atoms with van der Waals surface area (Å²) in [6, 6.07) is 5.11. The summed E-state index contributed by atoms with van der Waals surface area (Å²) in [5, 5.41) is 13.6. The SMILES string of the molecule is CCc1cccc(NC(=O)N[C@H](CC(N)=O)C(=O)O)c1. The van der Waals surface area contributed by atoms with Gasteiger partial charge in [0.2, 0.25) is 5.91 Å². The maximum Gasteiger partial charge on any atom is 0.326 e. The molecule has 0 aliphatic rings. The minimum absolute atomic E-state index is 0.461. The van der Waals surface area contributed by atoms with Gasteiger partial charge in [-0.2, -0.15) is 0 Å². The molecule has 1 rings (SSSR count). The second-order valence-corrected chi connectivity index (χ2v) is 4.21. The van der Waals surface area contributed by atoms with Crippen LogP contribution in [-0.4, -0.2) is 29.1 Å². The van der Waals surface area contributed by atoms with Crippen LogP contribution in [0.1, 0.15) is 18.9 Å². The van der Waals surface area contributed by atoms with E-state index < -0.39 is 30.4 Å². The van der Waals surface area contributed by atoms with Gasteiger partial charge < -0.3 is 21.5 Å². The van der Waals surface area contributed by atoms with Gasteiger partial charge in [-0.1, -0.05) is 19.1 Å². The summed E-state index contributed by atoms with van der Waals surface area (Å²) in [6.07, 6.45) is 0.355. The summed E-state index contributed by atoms with van der Waals surface area (Å²) >= 11 is 0. The Morgan fingerprint density at radius 3 is 2.60 bits per heavy atom. The zero-order valence-electron chi connectivity index (χ0n) is 11.1. The van der Waals surface area contributed by atoms with Gasteiger partial charge in [0, 0.05) is 5.69 Å². The van der Waals surface area contributed by atoms with Crippen LogP contribution >= 0.6 is 0 Å². The Morgan fingerprint density at radius 1 is 1.35 bits per heavy atom. The van der Waals surface area contributed by atoms with Crippen LogP contribution < -0.4 is 16.4 Å². The number of aryl methyl sites for hydroxylation is 1. The van der Waals surface area contributed by atoms with Crippen LogP contribution in [0.25, 0.3) is 0 Å². The molecule has 20 heavy (non-hydrogen) atoms. The molecule has 0 radical (unpaired) electrons. The molecule has 0 aliphatic heterocycles. The maximum absolute atomic E-state index is 11.7. The summed E-state index contributed by atoms with van der Waals surface area (Å²) < 4.78 is 0. The number of benzene rings is 1. The molecule has 7 heteroatoms. The quantitative estimate of drug-likeness (QED) is 0.612. The number of rotatable bonds is 6. The van der Waals surface area contributed by atoms with Crippen molar-refractivity contribution in [3.63, 3.8) is 0 Å². The summed E-state index contributed by atoms with van der Waals surface area (Å²) in [7, 11) is 0. The number of anilines is 1. The standard InChI is InChI=1S/C13H17N3O4/c1-2-8-4-3-5-9(6-8)15-13(20)16-10(12(18)19)7-11(14)17/h3-6,10H,2,7H2,1H3,(H2,14,17)(H,18,19)(H2,15,16,20)/t10-/m1/s1. The summed E-state index contributed by atoms with van der Waals surface area (Å²) in [4.78, 5) is 33.3. The van der Waals surface area contributed by atoms with E-state index in [9.17, 15) is 14.4 Å². The van der Waals surface area contributed by atoms with E-state index in [1.165, 1.54) is 0 Å². The van der Waals surface area contributed by atoms with Gasteiger partial charge in [0.05, 0.1) is 6.42 Å². The topological polar surface area (TPSA) is 122 Å². The molecule has 0 unspecified atom stereocenters. The van der Waals surface area contributed by atoms with Crippen molar-refractivity contribution in [2.75, 3.05) is 5.32 Å². The largest absolute Gasteiger partial charge is 0.480 e. The summed E-state index contributed by atoms with van der Waals surface area (Å²) in [6.45, 7) is 1.98. The lowest BCUT2D eigenvalue weighted by molar-refractivity contribution is -0.140. The lowest BCUT2D eigenvalue weighted by atomic mass is 10.1. The molecule has 0 fully saturated rings. The van der Waals surface area contributed by atoms with Crippen LogP contribution in [-0.2, 0) is 16.0 Å². The van der Waals surface area contributed by atoms with Gasteiger partial charge in [0.25, 0.3) is 0 Å². The predicted molar refractivity (Wildman–Crippen MR) is 73.2 cm³/mol. The molecule has 5 N–H and O–H groups in total. The van der Waals surface area contributed by atoms with E-state index in [2.05, 4.69) is 10.6 Å². The normalized spacial score (nSPS) is 11.4. The van der Waals surface area contributed by atoms with Crippen molar-refractivity contribution >= 4 is 23.6 Å². The van der Waals surface area contributed by atoms with Crippen molar-refractivity contribution in [3.8, 4) is 0 Å². The van der Waals surface area contributed by atoms with Crippen molar-refractivity contribution in [2.24, 2.45) is 5.73 Å². The van der Waals surface area contributed by atoms with E-state index >= 15 is 0 Å². The number of carboxylic acid groups (broad SMARTS) is 1. The molecule has 0 aromatic heterocycles. The van der Waals surface area contributed by atoms with Gasteiger partial charge in [-0.3, -0.25) is 4.79 Å². The molecule has 0 saturated heterocycles. The van der Waals surface area contributed by atoms with E-state index in [0.29, 0.717) is 5.69 Å². The number of carbonyl (C=O) groups is 3. The third kappa shape index (κ3) is 4.97. The number of amides is 3. The Labute approximate surface area is 116 Å². The molecule has 0 bridgehead atoms. The van der Waals surface area contributed by atoms with Crippen LogP contribution in [0.15, 0.2) is 24.3 Å². The van der Waals surface area contributed by atoms with Gasteiger partial charge in [-0.05, 0) is 24.1 Å². The number of nitrogens with two attached hydrogens (primary N) is 1. The summed E-state index contributed by atoms with van der Waals surface area (Å²) in [5.41, 5.74) is 6.51. The van der Waals surface area contributed by atoms with Gasteiger partial charge in [0.1, 0.15) is 6.04 Å². The van der Waals surface area contributed by atoms with Crippen LogP contribution in [0.4, 0.5) is 10.5 Å². The van der Waals surface area contributed by atoms with Crippen molar-refractivity contribution in [2.45, 2.75) is 25.8 Å². The van der Waals surface area contributed by atoms with Crippen LogP contribution in [0.2, 0.25) is 0 Å². The molecule has 3 amide bonds. The first kappa shape index (κ1) is 15.5. The zero-order valence-corrected chi connectivity index (χ0v) is 11.1. The molecule has 1 aromatic rings. The Kier molecular flexibility index (Phi) is 5.52. The Bertz CT molecular complexity index is 516. The van der Waals surface area contributed by atoms with Gasteiger partial charge >= 0.3 is 12.0 Å². The van der Waals surface area contributed by atoms with Gasteiger partial charge in [-0.25, -0.2) is 9.59 Å². The number of hydrogen-bond donors (Lipinski definition) is 4. The molecule has 0 saturated carbocycles. The fraction of sp³-hybridized carbons (Fsp3) is 0.308. The van der Waals surface area contributed by atoms with Crippen molar-refractivity contribution in [1.82, 2.24) is 5.32 Å². The number of nitrogens with one attached hydrogen (secondary N) is 2. The van der Waals surface area contributed by atoms with Crippen molar-refractivity contribution in [1.29, 1.82) is 0 Å². The van der Waals surface area contributed by atoms with Crippen LogP contribution in [0.3, 0.4) is 0 Å². The van der Waals surface area contributed by atoms with E-state index in [4.69, 9.17) is 10.8 Å². The second-order valence-electron chi connectivity index (χ2n) is 4.21. The van der Waals surface area contributed by atoms with Gasteiger partial charge in [0.15, 0.2) is 0 Å². The molecule has 7 nitrogen and oxygen atoms in total. The Hall–Kier alpha value is -2.57. The molecule has 0 heterocycles. The lowest BCUT2D eigenvalue weighted by Gasteiger charge is -2.14. The predicted octanol–water partition coefficient (Wildman–Crippen LogP) is 0.699. The first-order valence-electron chi connectivity index (χ1n) is 6.10. The first-order valence-corrected chi connectivity index (χ1v) is 6.10. The highest BCUT2D eigenvalue weighted by Crippen LogP contribution is 2.10. The molecular weight excluding hydrogens is 262 g/mol. The lowest BCUT2D eigenvalue weighted by Crippen LogP contribution is -2.45. The van der Waals surface area contributed by atoms with Crippen LogP contribution in [0.5, 0.6) is 0 Å². The van der Waals surface area contributed by atoms with Crippen molar-refractivity contribution in [3.05, 3.63) is 29.8 Å². The molecule has 1 atom stereocenters. The number of primary amides is 1. The van der Waals surface area contributed by atoms with E-state index in [1.807, 2.05) is 13.0 Å². The molecule has 0 aliphatic carbocycles. The monoisotopic (exact) mass is 279 g/mol. The van der Waals surface area contributed by atoms with Gasteiger partial charge in [-0.15, -0.1) is 0 Å². The highest BCUT2D eigenvalue weighted by Gasteiger charge is 2.22. The Morgan fingerprint density at radius 2 is 2.05 bits per heavy atom. The first-order chi connectivity index (χ1) is 9.42. The minimum atomic E-state index is -1.35. The Balaban J connectivity index is 2.65. The third-order valence-corrected chi connectivity index (χ3v) is 2.60. The summed E-state index contributed by atoms with van der Waals surface area (Å²) in [5.74, 6) is -2.12. The highest BCUT2D eigenvalue weighted by molar-refractivity contribution is 5.93. The number of aliphatic carboxylic acids is 1. The van der Waals surface area contributed by atoms with Crippen molar-refractivity contribution < 1.29 is 19.5 Å². The number of carboxylic acids is 1. The van der Waals surface area contributed by atoms with Crippen LogP contribution in [0, 0.1) is 0 Å². The van der Waals surface area contributed by atoms with E-state index in [1.54, 1.807) is 18.2 Å². The molecular formula is C13H17N3O4. The van der Waals surface area contributed by atoms with E-state index in [0.717, 1.165) is 12.0 Å². The maximum atomic E-state index is 11.7. The number of carbonyl (C=O) groups excluding carboxylic acids is 2. The average Bonchev–Trinajstić information content (AvgIpc) is 2.37. The average molecular weight is 279 g/mol. The molecule has 1 aromatic carbocycles. The molecule has 0 spiro atoms.